The maximum absolute atomic E-state index is 12.0. The minimum Gasteiger partial charge on any atom is -0.481 e. The number of rotatable bonds is 4. The van der Waals surface area contributed by atoms with Crippen LogP contribution in [-0.4, -0.2) is 23.0 Å². The average molecular weight is 267 g/mol. The zero-order chi connectivity index (χ0) is 13.7. The highest BCUT2D eigenvalue weighted by Gasteiger charge is 2.30. The van der Waals surface area contributed by atoms with E-state index in [1.807, 2.05) is 0 Å². The number of aliphatic carboxylic acids is 1. The zero-order valence-corrected chi connectivity index (χ0v) is 11.6. The van der Waals surface area contributed by atoms with Crippen molar-refractivity contribution >= 4 is 11.9 Å². The number of carbonyl (C=O) groups is 2. The van der Waals surface area contributed by atoms with Gasteiger partial charge in [0, 0.05) is 12.5 Å². The Kier molecular flexibility index (Phi) is 5.23. The van der Waals surface area contributed by atoms with E-state index >= 15 is 0 Å². The minimum absolute atomic E-state index is 0.0828. The van der Waals surface area contributed by atoms with Gasteiger partial charge in [-0.15, -0.1) is 0 Å². The number of nitrogens with one attached hydrogen (secondary N) is 1. The van der Waals surface area contributed by atoms with E-state index in [4.69, 9.17) is 5.11 Å². The Hall–Kier alpha value is -1.06. The number of carboxylic acid groups (broad SMARTS) is 1. The molecule has 2 N–H and O–H groups in total. The Morgan fingerprint density at radius 2 is 1.68 bits per heavy atom. The Morgan fingerprint density at radius 1 is 1.00 bits per heavy atom. The average Bonchev–Trinajstić information content (AvgIpc) is 2.67. The number of hydrogen-bond acceptors (Lipinski definition) is 2. The normalized spacial score (nSPS) is 28.8. The number of amides is 1. The van der Waals surface area contributed by atoms with Gasteiger partial charge in [0.1, 0.15) is 0 Å². The second kappa shape index (κ2) is 6.92. The van der Waals surface area contributed by atoms with Crippen molar-refractivity contribution in [3.05, 3.63) is 0 Å². The van der Waals surface area contributed by atoms with Crippen molar-refractivity contribution < 1.29 is 14.7 Å². The highest BCUT2D eigenvalue weighted by Crippen LogP contribution is 2.27. The van der Waals surface area contributed by atoms with Crippen molar-refractivity contribution in [2.45, 2.75) is 70.3 Å². The molecule has 4 heteroatoms. The van der Waals surface area contributed by atoms with Gasteiger partial charge in [0.05, 0.1) is 5.92 Å². The lowest BCUT2D eigenvalue weighted by Crippen LogP contribution is -2.34. The molecule has 2 saturated carbocycles. The summed E-state index contributed by atoms with van der Waals surface area (Å²) in [5.74, 6) is -0.314. The lowest BCUT2D eigenvalue weighted by Gasteiger charge is -2.17. The largest absolute Gasteiger partial charge is 0.481 e. The van der Waals surface area contributed by atoms with Gasteiger partial charge in [0.2, 0.25) is 5.91 Å². The summed E-state index contributed by atoms with van der Waals surface area (Å²) in [5.41, 5.74) is 0. The molecule has 0 aromatic carbocycles. The molecule has 2 rings (SSSR count). The predicted molar refractivity (Wildman–Crippen MR) is 72.7 cm³/mol. The van der Waals surface area contributed by atoms with Crippen molar-refractivity contribution in [2.24, 2.45) is 11.8 Å². The van der Waals surface area contributed by atoms with E-state index in [9.17, 15) is 9.59 Å². The van der Waals surface area contributed by atoms with Crippen molar-refractivity contribution in [1.82, 2.24) is 5.32 Å². The maximum atomic E-state index is 12.0. The molecular weight excluding hydrogens is 242 g/mol. The summed E-state index contributed by atoms with van der Waals surface area (Å²) >= 11 is 0. The maximum Gasteiger partial charge on any atom is 0.306 e. The lowest BCUT2D eigenvalue weighted by molar-refractivity contribution is -0.141. The van der Waals surface area contributed by atoms with Gasteiger partial charge in [-0.3, -0.25) is 9.59 Å². The van der Waals surface area contributed by atoms with Crippen LogP contribution in [0, 0.1) is 11.8 Å². The molecule has 4 nitrogen and oxygen atoms in total. The van der Waals surface area contributed by atoms with E-state index in [0.717, 1.165) is 6.42 Å². The third kappa shape index (κ3) is 4.51. The molecule has 0 spiro atoms. The van der Waals surface area contributed by atoms with Gasteiger partial charge >= 0.3 is 5.97 Å². The van der Waals surface area contributed by atoms with Crippen molar-refractivity contribution in [3.63, 3.8) is 0 Å². The molecule has 0 saturated heterocycles. The summed E-state index contributed by atoms with van der Waals surface area (Å²) in [4.78, 5) is 22.9. The highest BCUT2D eigenvalue weighted by atomic mass is 16.4. The SMILES string of the molecule is O=C(CC1CCCCCC1)NC1CCC(C(=O)O)C1. The van der Waals surface area contributed by atoms with Gasteiger partial charge in [-0.2, -0.15) is 0 Å². The quantitative estimate of drug-likeness (QED) is 0.770. The summed E-state index contributed by atoms with van der Waals surface area (Å²) in [7, 11) is 0. The molecule has 2 aliphatic carbocycles. The Balaban J connectivity index is 1.71. The zero-order valence-electron chi connectivity index (χ0n) is 11.6. The van der Waals surface area contributed by atoms with Crippen LogP contribution in [0.15, 0.2) is 0 Å². The number of carbonyl (C=O) groups excluding carboxylic acids is 1. The summed E-state index contributed by atoms with van der Waals surface area (Å²) < 4.78 is 0. The topological polar surface area (TPSA) is 66.4 Å². The van der Waals surface area contributed by atoms with E-state index in [1.165, 1.54) is 38.5 Å². The minimum atomic E-state index is -0.722. The van der Waals surface area contributed by atoms with Crippen LogP contribution in [0.3, 0.4) is 0 Å². The Bertz CT molecular complexity index is 321. The molecule has 0 aliphatic heterocycles. The molecule has 2 fully saturated rings. The molecule has 108 valence electrons. The van der Waals surface area contributed by atoms with Crippen LogP contribution in [0.5, 0.6) is 0 Å². The van der Waals surface area contributed by atoms with E-state index < -0.39 is 5.97 Å². The van der Waals surface area contributed by atoms with E-state index in [0.29, 0.717) is 25.2 Å². The molecule has 1 amide bonds. The van der Waals surface area contributed by atoms with Gasteiger partial charge in [-0.1, -0.05) is 25.7 Å². The van der Waals surface area contributed by atoms with Gasteiger partial charge in [-0.05, 0) is 38.0 Å². The van der Waals surface area contributed by atoms with Crippen molar-refractivity contribution in [2.75, 3.05) is 0 Å². The first kappa shape index (κ1) is 14.4. The molecule has 0 bridgehead atoms. The first-order valence-electron chi connectivity index (χ1n) is 7.67. The van der Waals surface area contributed by atoms with Crippen LogP contribution < -0.4 is 5.32 Å². The second-order valence-electron chi connectivity index (χ2n) is 6.17. The van der Waals surface area contributed by atoms with Crippen LogP contribution >= 0.6 is 0 Å². The van der Waals surface area contributed by atoms with Crippen molar-refractivity contribution in [3.8, 4) is 0 Å². The summed E-state index contributed by atoms with van der Waals surface area (Å²) in [6, 6.07) is 0.0828. The lowest BCUT2D eigenvalue weighted by atomic mass is 9.96. The van der Waals surface area contributed by atoms with E-state index in [1.54, 1.807) is 0 Å². The molecule has 19 heavy (non-hydrogen) atoms. The molecule has 0 heterocycles. The molecule has 0 aromatic heterocycles. The first-order chi connectivity index (χ1) is 9.15. The third-order valence-electron chi connectivity index (χ3n) is 4.60. The highest BCUT2D eigenvalue weighted by molar-refractivity contribution is 5.77. The van der Waals surface area contributed by atoms with Crippen LogP contribution in [-0.2, 0) is 9.59 Å². The summed E-state index contributed by atoms with van der Waals surface area (Å²) in [6.07, 6.45) is 10.2. The molecular formula is C15H25NO3. The molecule has 0 aromatic rings. The fraction of sp³-hybridized carbons (Fsp3) is 0.867. The van der Waals surface area contributed by atoms with Gasteiger partial charge in [-0.25, -0.2) is 0 Å². The van der Waals surface area contributed by atoms with Crippen LogP contribution in [0.2, 0.25) is 0 Å². The van der Waals surface area contributed by atoms with Gasteiger partial charge in [0.15, 0.2) is 0 Å². The Labute approximate surface area is 115 Å². The number of carboxylic acids is 1. The van der Waals surface area contributed by atoms with Crippen LogP contribution in [0.4, 0.5) is 0 Å². The van der Waals surface area contributed by atoms with Crippen LogP contribution in [0.25, 0.3) is 0 Å². The molecule has 2 atom stereocenters. The second-order valence-corrected chi connectivity index (χ2v) is 6.17. The fourth-order valence-electron chi connectivity index (χ4n) is 3.45. The molecule has 0 radical (unpaired) electrons. The van der Waals surface area contributed by atoms with Crippen LogP contribution in [0.1, 0.15) is 64.2 Å². The van der Waals surface area contributed by atoms with E-state index in [-0.39, 0.29) is 17.9 Å². The summed E-state index contributed by atoms with van der Waals surface area (Å²) in [6.45, 7) is 0. The summed E-state index contributed by atoms with van der Waals surface area (Å²) in [5, 5.41) is 12.0. The monoisotopic (exact) mass is 267 g/mol. The fourth-order valence-corrected chi connectivity index (χ4v) is 3.45. The van der Waals surface area contributed by atoms with E-state index in [2.05, 4.69) is 5.32 Å². The van der Waals surface area contributed by atoms with Crippen molar-refractivity contribution in [1.29, 1.82) is 0 Å². The molecule has 2 unspecified atom stereocenters. The number of hydrogen-bond donors (Lipinski definition) is 2. The van der Waals surface area contributed by atoms with Gasteiger partial charge < -0.3 is 10.4 Å². The Morgan fingerprint density at radius 3 is 2.26 bits per heavy atom. The molecule has 2 aliphatic rings. The third-order valence-corrected chi connectivity index (χ3v) is 4.60. The van der Waals surface area contributed by atoms with Gasteiger partial charge in [0.25, 0.3) is 0 Å². The predicted octanol–water partition coefficient (Wildman–Crippen LogP) is 2.72. The smallest absolute Gasteiger partial charge is 0.306 e. The first-order valence-corrected chi connectivity index (χ1v) is 7.67. The standard InChI is InChI=1S/C15H25NO3/c17-14(9-11-5-3-1-2-4-6-11)16-13-8-7-12(10-13)15(18)19/h11-13H,1-10H2,(H,16,17)(H,18,19).